The second-order valence-electron chi connectivity index (χ2n) is 9.50. The molecule has 0 saturated carbocycles. The lowest BCUT2D eigenvalue weighted by Gasteiger charge is -2.34. The molecular weight excluding hydrogens is 527 g/mol. The third kappa shape index (κ3) is 7.41. The lowest BCUT2D eigenvalue weighted by molar-refractivity contribution is -0.274. The number of ether oxygens (including phenoxy) is 1. The van der Waals surface area contributed by atoms with Gasteiger partial charge in [-0.3, -0.25) is 14.5 Å². The number of hydrogen-bond donors (Lipinski definition) is 2. The van der Waals surface area contributed by atoms with Crippen molar-refractivity contribution >= 4 is 17.7 Å². The van der Waals surface area contributed by atoms with Gasteiger partial charge in [-0.25, -0.2) is 4.79 Å². The molecule has 3 amide bonds. The van der Waals surface area contributed by atoms with E-state index in [2.05, 4.69) is 10.1 Å². The first-order chi connectivity index (χ1) is 19.0. The van der Waals surface area contributed by atoms with E-state index in [-0.39, 0.29) is 41.9 Å². The summed E-state index contributed by atoms with van der Waals surface area (Å²) in [5.41, 5.74) is 7.76. The number of benzene rings is 2. The highest BCUT2D eigenvalue weighted by atomic mass is 19.4. The van der Waals surface area contributed by atoms with E-state index in [1.54, 1.807) is 22.5 Å². The van der Waals surface area contributed by atoms with Crippen LogP contribution in [0.1, 0.15) is 37.7 Å². The summed E-state index contributed by atoms with van der Waals surface area (Å²) >= 11 is 0. The third-order valence-corrected chi connectivity index (χ3v) is 6.70. The van der Waals surface area contributed by atoms with E-state index in [9.17, 15) is 27.6 Å². The number of alkyl halides is 3. The highest BCUT2D eigenvalue weighted by molar-refractivity contribution is 6.01. The van der Waals surface area contributed by atoms with Crippen molar-refractivity contribution in [1.82, 2.24) is 19.7 Å². The second kappa shape index (κ2) is 12.2. The molecule has 0 spiro atoms. The van der Waals surface area contributed by atoms with Crippen LogP contribution in [-0.4, -0.2) is 71.2 Å². The highest BCUT2D eigenvalue weighted by Crippen LogP contribution is 2.25. The zero-order valence-corrected chi connectivity index (χ0v) is 21.9. The molecule has 1 saturated heterocycles. The van der Waals surface area contributed by atoms with Gasteiger partial charge in [-0.05, 0) is 36.2 Å². The van der Waals surface area contributed by atoms with Gasteiger partial charge in [0.15, 0.2) is 5.78 Å². The number of hydrogen-bond acceptors (Lipinski definition) is 5. The highest BCUT2D eigenvalue weighted by Gasteiger charge is 2.31. The number of urea groups is 1. The van der Waals surface area contributed by atoms with Gasteiger partial charge in [0.05, 0.1) is 17.8 Å². The summed E-state index contributed by atoms with van der Waals surface area (Å²) in [4.78, 5) is 41.5. The van der Waals surface area contributed by atoms with Gasteiger partial charge in [0.2, 0.25) is 0 Å². The number of aromatic nitrogens is 1. The number of nitrogens with two attached hydrogens (primary N) is 1. The summed E-state index contributed by atoms with van der Waals surface area (Å²) in [7, 11) is 0. The van der Waals surface area contributed by atoms with Crippen molar-refractivity contribution in [2.45, 2.75) is 26.4 Å². The number of halogens is 3. The topological polar surface area (TPSA) is 110 Å². The molecule has 0 bridgehead atoms. The number of nitrogens with zero attached hydrogens (tertiary/aromatic N) is 3. The second-order valence-corrected chi connectivity index (χ2v) is 9.50. The van der Waals surface area contributed by atoms with Crippen LogP contribution in [0.2, 0.25) is 0 Å². The fourth-order valence-electron chi connectivity index (χ4n) is 4.63. The van der Waals surface area contributed by atoms with Crippen LogP contribution in [0.3, 0.4) is 0 Å². The lowest BCUT2D eigenvalue weighted by Crippen LogP contribution is -2.52. The smallest absolute Gasteiger partial charge is 0.406 e. The summed E-state index contributed by atoms with van der Waals surface area (Å²) in [6.07, 6.45) is -4.84. The van der Waals surface area contributed by atoms with Gasteiger partial charge in [-0.15, -0.1) is 13.2 Å². The Hall–Kier alpha value is -4.32. The van der Waals surface area contributed by atoms with Crippen molar-refractivity contribution in [2.24, 2.45) is 5.73 Å². The average molecular weight is 558 g/mol. The van der Waals surface area contributed by atoms with Crippen LogP contribution < -0.4 is 15.8 Å². The Morgan fingerprint density at radius 3 is 2.27 bits per heavy atom. The van der Waals surface area contributed by atoms with Crippen LogP contribution in [0.25, 0.3) is 0 Å². The maximum absolute atomic E-state index is 13.4. The molecule has 0 radical (unpaired) electrons. The number of Topliss-reactive ketones (excluding diaryl/α,β-unsaturated/α-hetero) is 1. The molecule has 12 heteroatoms. The Balaban J connectivity index is 1.40. The molecule has 0 atom stereocenters. The van der Waals surface area contributed by atoms with E-state index in [4.69, 9.17) is 5.73 Å². The molecule has 3 aromatic rings. The van der Waals surface area contributed by atoms with Crippen LogP contribution in [0.4, 0.5) is 18.0 Å². The van der Waals surface area contributed by atoms with Crippen molar-refractivity contribution in [3.05, 3.63) is 88.7 Å². The van der Waals surface area contributed by atoms with Gasteiger partial charge in [-0.2, -0.15) is 0 Å². The van der Waals surface area contributed by atoms with Crippen LogP contribution >= 0.6 is 0 Å². The molecule has 1 aliphatic heterocycles. The molecule has 212 valence electrons. The Bertz CT molecular complexity index is 1370. The lowest BCUT2D eigenvalue weighted by atomic mass is 10.2. The minimum absolute atomic E-state index is 0.0323. The van der Waals surface area contributed by atoms with Gasteiger partial charge in [0.1, 0.15) is 5.75 Å². The van der Waals surface area contributed by atoms with E-state index in [0.717, 1.165) is 5.56 Å². The van der Waals surface area contributed by atoms with Crippen molar-refractivity contribution in [1.29, 1.82) is 0 Å². The summed E-state index contributed by atoms with van der Waals surface area (Å²) < 4.78 is 43.6. The van der Waals surface area contributed by atoms with Gasteiger partial charge in [0, 0.05) is 45.0 Å². The average Bonchev–Trinajstić information content (AvgIpc) is 3.23. The van der Waals surface area contributed by atoms with E-state index in [1.807, 2.05) is 35.2 Å². The maximum Gasteiger partial charge on any atom is 0.573 e. The molecule has 2 heterocycles. The summed E-state index contributed by atoms with van der Waals surface area (Å²) in [6.45, 7) is 3.94. The Labute approximate surface area is 229 Å². The molecule has 0 unspecified atom stereocenters. The SMILES string of the molecule is Cc1c(C(N)=O)cc(C(=O)CN2CCN(C(=O)NCc3ccccc3)CC2)n1Cc1cccc(OC(F)(F)F)c1. The minimum Gasteiger partial charge on any atom is -0.406 e. The van der Waals surface area contributed by atoms with Gasteiger partial charge >= 0.3 is 12.4 Å². The fourth-order valence-corrected chi connectivity index (χ4v) is 4.63. The van der Waals surface area contributed by atoms with Crippen molar-refractivity contribution in [3.63, 3.8) is 0 Å². The van der Waals surface area contributed by atoms with Gasteiger partial charge < -0.3 is 25.3 Å². The van der Waals surface area contributed by atoms with Crippen LogP contribution in [0, 0.1) is 6.92 Å². The predicted octanol–water partition coefficient (Wildman–Crippen LogP) is 3.55. The molecule has 0 aliphatic carbocycles. The summed E-state index contributed by atoms with van der Waals surface area (Å²) in [5, 5.41) is 2.90. The molecule has 3 N–H and O–H groups in total. The minimum atomic E-state index is -4.84. The number of ketones is 1. The molecule has 2 aromatic carbocycles. The Morgan fingerprint density at radius 1 is 0.950 bits per heavy atom. The van der Waals surface area contributed by atoms with Crippen LogP contribution in [-0.2, 0) is 13.1 Å². The van der Waals surface area contributed by atoms with E-state index in [0.29, 0.717) is 44.0 Å². The van der Waals surface area contributed by atoms with E-state index < -0.39 is 12.3 Å². The van der Waals surface area contributed by atoms with Crippen LogP contribution in [0.5, 0.6) is 5.75 Å². The molecule has 40 heavy (non-hydrogen) atoms. The molecule has 4 rings (SSSR count). The Kier molecular flexibility index (Phi) is 8.78. The number of nitrogens with one attached hydrogen (secondary N) is 1. The zero-order valence-electron chi connectivity index (χ0n) is 21.9. The first kappa shape index (κ1) is 28.7. The monoisotopic (exact) mass is 557 g/mol. The van der Waals surface area contributed by atoms with Crippen molar-refractivity contribution < 1.29 is 32.3 Å². The quantitative estimate of drug-likeness (QED) is 0.391. The van der Waals surface area contributed by atoms with Crippen molar-refractivity contribution in [3.8, 4) is 5.75 Å². The van der Waals surface area contributed by atoms with Crippen molar-refractivity contribution in [2.75, 3.05) is 32.7 Å². The molecule has 1 aromatic heterocycles. The predicted molar refractivity (Wildman–Crippen MR) is 141 cm³/mol. The number of rotatable bonds is 9. The molecular formula is C28H30F3N5O4. The summed E-state index contributed by atoms with van der Waals surface area (Å²) in [6, 6.07) is 16.2. The number of primary amides is 1. The molecule has 9 nitrogen and oxygen atoms in total. The number of carbonyl (C=O) groups is 3. The third-order valence-electron chi connectivity index (χ3n) is 6.70. The molecule has 1 aliphatic rings. The first-order valence-corrected chi connectivity index (χ1v) is 12.7. The van der Waals surface area contributed by atoms with Crippen LogP contribution in [0.15, 0.2) is 60.7 Å². The first-order valence-electron chi connectivity index (χ1n) is 12.7. The largest absolute Gasteiger partial charge is 0.573 e. The van der Waals surface area contributed by atoms with E-state index in [1.165, 1.54) is 24.3 Å². The Morgan fingerprint density at radius 2 is 1.62 bits per heavy atom. The fraction of sp³-hybridized carbons (Fsp3) is 0.321. The molecule has 1 fully saturated rings. The standard InChI is InChI=1S/C28H30F3N5O4/c1-19-23(26(32)38)15-24(36(19)17-21-8-5-9-22(14-21)40-28(29,30)31)25(37)18-34-10-12-35(13-11-34)27(39)33-16-20-6-3-2-4-7-20/h2-9,14-15H,10-13,16-18H2,1H3,(H2,32,38)(H,33,39). The number of piperazine rings is 1. The van der Waals surface area contributed by atoms with Gasteiger partial charge in [0.25, 0.3) is 5.91 Å². The van der Waals surface area contributed by atoms with E-state index >= 15 is 0 Å². The zero-order chi connectivity index (χ0) is 28.9. The van der Waals surface area contributed by atoms with Gasteiger partial charge in [-0.1, -0.05) is 42.5 Å². The number of amides is 3. The summed E-state index contributed by atoms with van der Waals surface area (Å²) in [5.74, 6) is -1.38. The number of carbonyl (C=O) groups excluding carboxylic acids is 3. The maximum atomic E-state index is 13.4. The normalized spacial score (nSPS) is 14.2.